The third-order valence-electron chi connectivity index (χ3n) is 1.81. The molecule has 0 aliphatic carbocycles. The first kappa shape index (κ1) is 6.87. The lowest BCUT2D eigenvalue weighted by molar-refractivity contribution is 1.36. The summed E-state index contributed by atoms with van der Waals surface area (Å²) in [6.45, 7) is 0. The Hall–Kier alpha value is -1.81. The van der Waals surface area contributed by atoms with Gasteiger partial charge in [0.25, 0.3) is 0 Å². The van der Waals surface area contributed by atoms with Gasteiger partial charge in [-0.3, -0.25) is 4.98 Å². The lowest BCUT2D eigenvalue weighted by atomic mass is 10.1. The van der Waals surface area contributed by atoms with E-state index in [0.717, 1.165) is 10.9 Å². The van der Waals surface area contributed by atoms with E-state index in [-0.39, 0.29) is 0 Å². The molecule has 0 atom stereocenters. The summed E-state index contributed by atoms with van der Waals surface area (Å²) in [6.07, 6.45) is 8.86. The predicted octanol–water partition coefficient (Wildman–Crippen LogP) is 2.22. The van der Waals surface area contributed by atoms with Gasteiger partial charge in [-0.1, -0.05) is 12.0 Å². The minimum Gasteiger partial charge on any atom is -0.264 e. The van der Waals surface area contributed by atoms with Gasteiger partial charge >= 0.3 is 0 Å². The Morgan fingerprint density at radius 2 is 2.08 bits per heavy atom. The minimum atomic E-state index is 0.899. The van der Waals surface area contributed by atoms with E-state index in [9.17, 15) is 0 Å². The van der Waals surface area contributed by atoms with Crippen molar-refractivity contribution in [2.45, 2.75) is 0 Å². The Balaban J connectivity index is 2.78. The fourth-order valence-electron chi connectivity index (χ4n) is 1.17. The first-order valence-corrected chi connectivity index (χ1v) is 3.70. The maximum atomic E-state index is 5.27. The lowest BCUT2D eigenvalue weighted by Crippen LogP contribution is -1.77. The minimum absolute atomic E-state index is 0.899. The molecule has 0 bridgehead atoms. The highest BCUT2D eigenvalue weighted by Gasteiger charge is 1.92. The van der Waals surface area contributed by atoms with E-state index in [0.29, 0.717) is 0 Å². The molecule has 1 heterocycles. The summed E-state index contributed by atoms with van der Waals surface area (Å²) in [5.74, 6) is 2.59. The van der Waals surface area contributed by atoms with Crippen LogP contribution >= 0.6 is 0 Å². The van der Waals surface area contributed by atoms with Gasteiger partial charge in [0.1, 0.15) is 0 Å². The predicted molar refractivity (Wildman–Crippen MR) is 49.7 cm³/mol. The quantitative estimate of drug-likeness (QED) is 0.529. The molecule has 0 saturated carbocycles. The van der Waals surface area contributed by atoms with Crippen molar-refractivity contribution in [3.63, 3.8) is 0 Å². The fourth-order valence-corrected chi connectivity index (χ4v) is 1.17. The van der Waals surface area contributed by atoms with Crippen molar-refractivity contribution in [1.82, 2.24) is 4.98 Å². The Kier molecular flexibility index (Phi) is 1.53. The molecule has 0 N–H and O–H groups in total. The summed E-state index contributed by atoms with van der Waals surface area (Å²) in [4.78, 5) is 4.02. The number of fused-ring (bicyclic) bond motifs is 1. The number of aromatic nitrogens is 1. The second-order valence-corrected chi connectivity index (χ2v) is 2.58. The highest BCUT2D eigenvalue weighted by atomic mass is 14.6. The van der Waals surface area contributed by atoms with Crippen LogP contribution in [-0.4, -0.2) is 4.98 Å². The Labute approximate surface area is 71.1 Å². The standard InChI is InChI=1S/C11H7N/c1-2-9-3-4-10-5-6-12-8-11(10)7-9/h1,3-8H. The maximum absolute atomic E-state index is 5.27. The molecule has 0 fully saturated rings. The number of rotatable bonds is 0. The lowest BCUT2D eigenvalue weighted by Gasteiger charge is -1.95. The van der Waals surface area contributed by atoms with Crippen LogP contribution in [0.1, 0.15) is 5.56 Å². The number of terminal acetylenes is 1. The van der Waals surface area contributed by atoms with E-state index in [1.807, 2.05) is 30.5 Å². The summed E-state index contributed by atoms with van der Waals surface area (Å²) in [5.41, 5.74) is 0.899. The zero-order valence-corrected chi connectivity index (χ0v) is 6.49. The van der Waals surface area contributed by atoms with Crippen LogP contribution in [0.5, 0.6) is 0 Å². The first-order chi connectivity index (χ1) is 5.90. The van der Waals surface area contributed by atoms with E-state index < -0.39 is 0 Å². The topological polar surface area (TPSA) is 12.9 Å². The van der Waals surface area contributed by atoms with E-state index >= 15 is 0 Å². The molecule has 0 radical (unpaired) electrons. The molecular formula is C11H7N. The average Bonchev–Trinajstić information content (AvgIpc) is 2.17. The number of nitrogens with zero attached hydrogens (tertiary/aromatic N) is 1. The summed E-state index contributed by atoms with van der Waals surface area (Å²) >= 11 is 0. The van der Waals surface area contributed by atoms with Gasteiger partial charge in [-0.25, -0.2) is 0 Å². The van der Waals surface area contributed by atoms with Crippen molar-refractivity contribution in [1.29, 1.82) is 0 Å². The van der Waals surface area contributed by atoms with Crippen LogP contribution in [0, 0.1) is 12.3 Å². The van der Waals surface area contributed by atoms with Crippen LogP contribution in [-0.2, 0) is 0 Å². The molecule has 56 valence electrons. The van der Waals surface area contributed by atoms with E-state index in [4.69, 9.17) is 6.42 Å². The highest BCUT2D eigenvalue weighted by molar-refractivity contribution is 5.82. The van der Waals surface area contributed by atoms with Crippen LogP contribution in [0.2, 0.25) is 0 Å². The van der Waals surface area contributed by atoms with Crippen molar-refractivity contribution in [3.8, 4) is 12.3 Å². The maximum Gasteiger partial charge on any atom is 0.0346 e. The molecule has 1 nitrogen and oxygen atoms in total. The van der Waals surface area contributed by atoms with Crippen molar-refractivity contribution in [2.24, 2.45) is 0 Å². The molecule has 2 aromatic rings. The molecule has 1 heteroatoms. The molecular weight excluding hydrogens is 146 g/mol. The summed E-state index contributed by atoms with van der Waals surface area (Å²) in [7, 11) is 0. The molecule has 1 aromatic heterocycles. The van der Waals surface area contributed by atoms with Crippen LogP contribution in [0.4, 0.5) is 0 Å². The molecule has 2 rings (SSSR count). The van der Waals surface area contributed by atoms with Crippen LogP contribution in [0.3, 0.4) is 0 Å². The molecule has 0 aliphatic heterocycles. The molecule has 0 aliphatic rings. The number of hydrogen-bond donors (Lipinski definition) is 0. The summed E-state index contributed by atoms with van der Waals surface area (Å²) < 4.78 is 0. The Morgan fingerprint density at radius 1 is 1.17 bits per heavy atom. The average molecular weight is 153 g/mol. The van der Waals surface area contributed by atoms with Gasteiger partial charge in [-0.05, 0) is 23.6 Å². The van der Waals surface area contributed by atoms with Gasteiger partial charge in [0, 0.05) is 23.3 Å². The number of pyridine rings is 1. The fraction of sp³-hybridized carbons (Fsp3) is 0. The second kappa shape index (κ2) is 2.67. The molecule has 0 amide bonds. The van der Waals surface area contributed by atoms with Crippen molar-refractivity contribution in [3.05, 3.63) is 42.2 Å². The molecule has 1 aromatic carbocycles. The third kappa shape index (κ3) is 1.04. The van der Waals surface area contributed by atoms with Crippen LogP contribution in [0.25, 0.3) is 10.8 Å². The smallest absolute Gasteiger partial charge is 0.0346 e. The highest BCUT2D eigenvalue weighted by Crippen LogP contribution is 2.13. The van der Waals surface area contributed by atoms with E-state index in [2.05, 4.69) is 10.9 Å². The van der Waals surface area contributed by atoms with Crippen molar-refractivity contribution >= 4 is 10.8 Å². The number of benzene rings is 1. The zero-order valence-electron chi connectivity index (χ0n) is 6.49. The zero-order chi connectivity index (χ0) is 8.39. The van der Waals surface area contributed by atoms with E-state index in [1.54, 1.807) is 6.20 Å². The second-order valence-electron chi connectivity index (χ2n) is 2.58. The largest absolute Gasteiger partial charge is 0.264 e. The third-order valence-corrected chi connectivity index (χ3v) is 1.81. The SMILES string of the molecule is C#Cc1ccc2ccncc2c1. The number of hydrogen-bond acceptors (Lipinski definition) is 1. The Morgan fingerprint density at radius 3 is 2.92 bits per heavy atom. The summed E-state index contributed by atoms with van der Waals surface area (Å²) in [6, 6.07) is 7.87. The molecule has 0 spiro atoms. The molecule has 0 unspecified atom stereocenters. The van der Waals surface area contributed by atoms with Gasteiger partial charge < -0.3 is 0 Å². The van der Waals surface area contributed by atoms with Gasteiger partial charge in [-0.15, -0.1) is 6.42 Å². The first-order valence-electron chi connectivity index (χ1n) is 3.70. The van der Waals surface area contributed by atoms with Gasteiger partial charge in [-0.2, -0.15) is 0 Å². The van der Waals surface area contributed by atoms with E-state index in [1.165, 1.54) is 5.39 Å². The van der Waals surface area contributed by atoms with Crippen molar-refractivity contribution < 1.29 is 0 Å². The molecule has 12 heavy (non-hydrogen) atoms. The van der Waals surface area contributed by atoms with Crippen molar-refractivity contribution in [2.75, 3.05) is 0 Å². The monoisotopic (exact) mass is 153 g/mol. The van der Waals surface area contributed by atoms with Gasteiger partial charge in [0.2, 0.25) is 0 Å². The van der Waals surface area contributed by atoms with Crippen LogP contribution in [0.15, 0.2) is 36.7 Å². The van der Waals surface area contributed by atoms with Gasteiger partial charge in [0.05, 0.1) is 0 Å². The van der Waals surface area contributed by atoms with Gasteiger partial charge in [0.15, 0.2) is 0 Å². The summed E-state index contributed by atoms with van der Waals surface area (Å²) in [5, 5.41) is 2.26. The normalized spacial score (nSPS) is 9.58. The Bertz CT molecular complexity index is 452. The molecule has 0 saturated heterocycles. The van der Waals surface area contributed by atoms with Crippen LogP contribution < -0.4 is 0 Å².